The van der Waals surface area contributed by atoms with Gasteiger partial charge in [-0.15, -0.1) is 0 Å². The van der Waals surface area contributed by atoms with Crippen LogP contribution in [0.15, 0.2) is 12.3 Å². The average molecular weight is 311 g/mol. The highest BCUT2D eigenvalue weighted by Gasteiger charge is 1.93. The Morgan fingerprint density at radius 3 is 1.50 bits per heavy atom. The topological polar surface area (TPSA) is 9.23 Å². The van der Waals surface area contributed by atoms with Gasteiger partial charge in [-0.1, -0.05) is 97.3 Å². The molecule has 22 heavy (non-hydrogen) atoms. The van der Waals surface area contributed by atoms with E-state index in [0.29, 0.717) is 0 Å². The molecule has 0 heterocycles. The highest BCUT2D eigenvalue weighted by atomic mass is 16.5. The molecule has 0 aliphatic rings. The van der Waals surface area contributed by atoms with Gasteiger partial charge in [0.25, 0.3) is 0 Å². The number of ether oxygens (including phenoxy) is 1. The minimum Gasteiger partial charge on any atom is -0.502 e. The van der Waals surface area contributed by atoms with Crippen molar-refractivity contribution >= 4 is 0 Å². The third-order valence-corrected chi connectivity index (χ3v) is 4.28. The Kier molecular flexibility index (Phi) is 20.1. The highest BCUT2D eigenvalue weighted by molar-refractivity contribution is 4.73. The summed E-state index contributed by atoms with van der Waals surface area (Å²) in [7, 11) is 0. The molecule has 0 bridgehead atoms. The van der Waals surface area contributed by atoms with Crippen molar-refractivity contribution < 1.29 is 4.74 Å². The van der Waals surface area contributed by atoms with Crippen LogP contribution in [-0.2, 0) is 4.74 Å². The van der Waals surface area contributed by atoms with Gasteiger partial charge in [-0.3, -0.25) is 0 Å². The maximum atomic E-state index is 5.41. The first kappa shape index (κ1) is 21.5. The van der Waals surface area contributed by atoms with Crippen molar-refractivity contribution in [2.24, 2.45) is 0 Å². The van der Waals surface area contributed by atoms with E-state index in [0.717, 1.165) is 6.61 Å². The van der Waals surface area contributed by atoms with E-state index in [-0.39, 0.29) is 0 Å². The van der Waals surface area contributed by atoms with Crippen LogP contribution < -0.4 is 0 Å². The van der Waals surface area contributed by atoms with Gasteiger partial charge in [0, 0.05) is 0 Å². The molecule has 0 aromatic rings. The molecular weight excluding hydrogens is 268 g/mol. The molecule has 0 aliphatic heterocycles. The van der Waals surface area contributed by atoms with E-state index in [1.165, 1.54) is 103 Å². The van der Waals surface area contributed by atoms with E-state index < -0.39 is 0 Å². The quantitative estimate of drug-likeness (QED) is 0.185. The summed E-state index contributed by atoms with van der Waals surface area (Å²) in [6, 6.07) is 0. The summed E-state index contributed by atoms with van der Waals surface area (Å²) in [5, 5.41) is 0. The van der Waals surface area contributed by atoms with Crippen molar-refractivity contribution in [1.29, 1.82) is 0 Å². The Balaban J connectivity index is 2.99. The fourth-order valence-electron chi connectivity index (χ4n) is 2.71. The normalized spacial score (nSPS) is 11.4. The molecule has 0 N–H and O–H groups in total. The summed E-state index contributed by atoms with van der Waals surface area (Å²) in [6.07, 6.45) is 26.2. The van der Waals surface area contributed by atoms with Crippen LogP contribution in [0.25, 0.3) is 0 Å². The summed E-state index contributed by atoms with van der Waals surface area (Å²) < 4.78 is 5.41. The molecule has 0 spiro atoms. The van der Waals surface area contributed by atoms with E-state index in [1.54, 1.807) is 0 Å². The minimum atomic E-state index is 0.881. The highest BCUT2D eigenvalue weighted by Crippen LogP contribution is 2.12. The average Bonchev–Trinajstić information content (AvgIpc) is 2.54. The molecule has 0 amide bonds. The van der Waals surface area contributed by atoms with E-state index >= 15 is 0 Å². The second-order valence-electron chi connectivity index (χ2n) is 6.63. The fourth-order valence-corrected chi connectivity index (χ4v) is 2.71. The van der Waals surface area contributed by atoms with Gasteiger partial charge in [-0.05, 0) is 25.3 Å². The maximum Gasteiger partial charge on any atom is 0.0873 e. The van der Waals surface area contributed by atoms with Gasteiger partial charge >= 0.3 is 0 Å². The summed E-state index contributed by atoms with van der Waals surface area (Å²) >= 11 is 0. The van der Waals surface area contributed by atoms with Crippen LogP contribution in [0.5, 0.6) is 0 Å². The molecule has 1 heteroatoms. The first-order chi connectivity index (χ1) is 10.9. The van der Waals surface area contributed by atoms with Crippen molar-refractivity contribution in [2.45, 2.75) is 117 Å². The molecule has 1 nitrogen and oxygen atoms in total. The zero-order valence-electron chi connectivity index (χ0n) is 15.6. The second-order valence-corrected chi connectivity index (χ2v) is 6.63. The molecule has 0 aromatic heterocycles. The molecule has 0 rings (SSSR count). The zero-order valence-corrected chi connectivity index (χ0v) is 15.6. The smallest absolute Gasteiger partial charge is 0.0873 e. The van der Waals surface area contributed by atoms with Crippen LogP contribution in [0.3, 0.4) is 0 Å². The summed E-state index contributed by atoms with van der Waals surface area (Å²) in [4.78, 5) is 0. The molecule has 0 radical (unpaired) electrons. The lowest BCUT2D eigenvalue weighted by Gasteiger charge is -2.02. The molecule has 0 aromatic carbocycles. The molecule has 132 valence electrons. The third kappa shape index (κ3) is 19.5. The molecule has 0 saturated carbocycles. The summed E-state index contributed by atoms with van der Waals surface area (Å²) in [6.45, 7) is 5.37. The van der Waals surface area contributed by atoms with Crippen LogP contribution in [0.4, 0.5) is 0 Å². The lowest BCUT2D eigenvalue weighted by molar-refractivity contribution is 0.242. The minimum absolute atomic E-state index is 0.881. The van der Waals surface area contributed by atoms with Crippen molar-refractivity contribution in [1.82, 2.24) is 0 Å². The summed E-state index contributed by atoms with van der Waals surface area (Å²) in [5.74, 6) is 0. The van der Waals surface area contributed by atoms with Crippen LogP contribution in [0.1, 0.15) is 117 Å². The van der Waals surface area contributed by atoms with Gasteiger partial charge in [0.1, 0.15) is 0 Å². The van der Waals surface area contributed by atoms with Crippen LogP contribution in [0, 0.1) is 0 Å². The maximum absolute atomic E-state index is 5.41. The predicted molar refractivity (Wildman–Crippen MR) is 100 cm³/mol. The van der Waals surface area contributed by atoms with E-state index in [1.807, 2.05) is 6.26 Å². The van der Waals surface area contributed by atoms with Crippen molar-refractivity contribution in [2.75, 3.05) is 6.61 Å². The van der Waals surface area contributed by atoms with E-state index in [9.17, 15) is 0 Å². The van der Waals surface area contributed by atoms with Gasteiger partial charge in [-0.25, -0.2) is 0 Å². The lowest BCUT2D eigenvalue weighted by Crippen LogP contribution is -1.85. The first-order valence-corrected chi connectivity index (χ1v) is 10.2. The van der Waals surface area contributed by atoms with Gasteiger partial charge < -0.3 is 4.74 Å². The number of hydrogen-bond donors (Lipinski definition) is 0. The van der Waals surface area contributed by atoms with Crippen molar-refractivity contribution in [3.63, 3.8) is 0 Å². The number of hydrogen-bond acceptors (Lipinski definition) is 1. The monoisotopic (exact) mass is 310 g/mol. The van der Waals surface area contributed by atoms with Crippen LogP contribution >= 0.6 is 0 Å². The number of unbranched alkanes of at least 4 members (excludes halogenated alkanes) is 14. The molecule has 0 atom stereocenters. The first-order valence-electron chi connectivity index (χ1n) is 10.2. The third-order valence-electron chi connectivity index (χ3n) is 4.28. The Bertz CT molecular complexity index is 210. The van der Waals surface area contributed by atoms with Gasteiger partial charge in [0.2, 0.25) is 0 Å². The molecule has 0 unspecified atom stereocenters. The van der Waals surface area contributed by atoms with E-state index in [4.69, 9.17) is 4.74 Å². The van der Waals surface area contributed by atoms with Gasteiger partial charge in [-0.2, -0.15) is 0 Å². The van der Waals surface area contributed by atoms with Crippen LogP contribution in [0.2, 0.25) is 0 Å². The second kappa shape index (κ2) is 20.5. The Morgan fingerprint density at radius 2 is 1.00 bits per heavy atom. The number of rotatable bonds is 18. The predicted octanol–water partition coefficient (Wildman–Crippen LogP) is 7.80. The molecule has 0 saturated heterocycles. The Morgan fingerprint density at radius 1 is 0.545 bits per heavy atom. The molecule has 0 fully saturated rings. The summed E-state index contributed by atoms with van der Waals surface area (Å²) in [5.41, 5.74) is 0. The van der Waals surface area contributed by atoms with Crippen molar-refractivity contribution in [3.05, 3.63) is 12.3 Å². The fraction of sp³-hybridized carbons (Fsp3) is 0.905. The SMILES string of the molecule is CCCCCCCCCCCCCCCC=COCCCC. The largest absolute Gasteiger partial charge is 0.502 e. The van der Waals surface area contributed by atoms with Gasteiger partial charge in [0.15, 0.2) is 0 Å². The lowest BCUT2D eigenvalue weighted by atomic mass is 10.0. The van der Waals surface area contributed by atoms with Gasteiger partial charge in [0.05, 0.1) is 12.9 Å². The molecule has 0 aliphatic carbocycles. The van der Waals surface area contributed by atoms with Crippen molar-refractivity contribution in [3.8, 4) is 0 Å². The Hall–Kier alpha value is -0.460. The Labute approximate surface area is 140 Å². The standard InChI is InChI=1S/C21H42O/c1-3-5-7-8-9-10-11-12-13-14-15-16-17-18-19-21-22-20-6-4-2/h19,21H,3-18,20H2,1-2H3. The van der Waals surface area contributed by atoms with Crippen LogP contribution in [-0.4, -0.2) is 6.61 Å². The molecular formula is C21H42O. The number of allylic oxidation sites excluding steroid dienone is 1. The van der Waals surface area contributed by atoms with E-state index in [2.05, 4.69) is 19.9 Å². The zero-order chi connectivity index (χ0) is 16.1.